The van der Waals surface area contributed by atoms with Crippen LogP contribution < -0.4 is 11.3 Å². The smallest absolute Gasteiger partial charge is 0.0730 e. The quantitative estimate of drug-likeness (QED) is 0.625. The van der Waals surface area contributed by atoms with E-state index in [1.807, 2.05) is 22.6 Å². The van der Waals surface area contributed by atoms with Gasteiger partial charge in [0.1, 0.15) is 0 Å². The summed E-state index contributed by atoms with van der Waals surface area (Å²) in [6, 6.07) is 0.442. The summed E-state index contributed by atoms with van der Waals surface area (Å²) in [6.45, 7) is 8.61. The third-order valence-electron chi connectivity index (χ3n) is 2.40. The van der Waals surface area contributed by atoms with Gasteiger partial charge in [0.05, 0.1) is 22.4 Å². The number of rotatable bonds is 6. The first kappa shape index (κ1) is 15.0. The molecule has 1 atom stereocenters. The molecule has 0 saturated carbocycles. The molecule has 1 heterocycles. The first-order valence-electron chi connectivity index (χ1n) is 5.78. The lowest BCUT2D eigenvalue weighted by Gasteiger charge is -2.20. The maximum absolute atomic E-state index is 5.66. The van der Waals surface area contributed by atoms with Crippen LogP contribution in [0.25, 0.3) is 0 Å². The molecule has 1 aromatic rings. The van der Waals surface area contributed by atoms with Crippen LogP contribution in [0.5, 0.6) is 0 Å². The summed E-state index contributed by atoms with van der Waals surface area (Å²) < 4.78 is 3.02. The van der Waals surface area contributed by atoms with Crippen LogP contribution in [0.15, 0.2) is 10.7 Å². The highest BCUT2D eigenvalue weighted by Gasteiger charge is 2.20. The fourth-order valence-electron chi connectivity index (χ4n) is 1.58. The predicted molar refractivity (Wildman–Crippen MR) is 78.0 cm³/mol. The zero-order valence-corrected chi connectivity index (χ0v) is 13.2. The third kappa shape index (κ3) is 3.98. The Hall–Kier alpha value is -0.0400. The molecule has 0 fully saturated rings. The van der Waals surface area contributed by atoms with Gasteiger partial charge in [0.2, 0.25) is 0 Å². The van der Waals surface area contributed by atoms with Gasteiger partial charge >= 0.3 is 0 Å². The highest BCUT2D eigenvalue weighted by molar-refractivity contribution is 9.10. The molecule has 3 N–H and O–H groups in total. The molecule has 0 aliphatic rings. The number of nitrogens with one attached hydrogen (secondary N) is 1. The lowest BCUT2D eigenvalue weighted by atomic mass is 10.2. The lowest BCUT2D eigenvalue weighted by molar-refractivity contribution is 0.467. The Morgan fingerprint density at radius 3 is 2.59 bits per heavy atom. The zero-order chi connectivity index (χ0) is 13.0. The van der Waals surface area contributed by atoms with Gasteiger partial charge in [-0.2, -0.15) is 16.9 Å². The van der Waals surface area contributed by atoms with Gasteiger partial charge in [0.15, 0.2) is 0 Å². The van der Waals surface area contributed by atoms with Gasteiger partial charge in [0.25, 0.3) is 0 Å². The van der Waals surface area contributed by atoms with Crippen molar-refractivity contribution in [2.24, 2.45) is 5.84 Å². The Morgan fingerprint density at radius 2 is 2.12 bits per heavy atom. The Balaban J connectivity index is 2.90. The van der Waals surface area contributed by atoms with E-state index >= 15 is 0 Å². The summed E-state index contributed by atoms with van der Waals surface area (Å²) in [6.07, 6.45) is 1.83. The highest BCUT2D eigenvalue weighted by atomic mass is 79.9. The minimum Gasteiger partial charge on any atom is -0.271 e. The molecule has 0 spiro atoms. The van der Waals surface area contributed by atoms with E-state index < -0.39 is 0 Å². The van der Waals surface area contributed by atoms with Gasteiger partial charge in [-0.3, -0.25) is 16.0 Å². The Bertz CT molecular complexity index is 351. The van der Waals surface area contributed by atoms with Crippen LogP contribution in [0.1, 0.15) is 45.5 Å². The van der Waals surface area contributed by atoms with Gasteiger partial charge in [-0.15, -0.1) is 0 Å². The van der Waals surface area contributed by atoms with Crippen LogP contribution in [0.2, 0.25) is 0 Å². The van der Waals surface area contributed by atoms with Gasteiger partial charge in [-0.05, 0) is 35.0 Å². The first-order chi connectivity index (χ1) is 7.97. The van der Waals surface area contributed by atoms with Gasteiger partial charge in [-0.1, -0.05) is 13.8 Å². The molecule has 4 nitrogen and oxygen atoms in total. The van der Waals surface area contributed by atoms with Crippen molar-refractivity contribution >= 4 is 27.7 Å². The van der Waals surface area contributed by atoms with E-state index in [2.05, 4.69) is 54.1 Å². The number of halogens is 1. The molecule has 6 heteroatoms. The number of nitrogens with zero attached hydrogens (tertiary/aromatic N) is 2. The molecule has 98 valence electrons. The second-order valence-electron chi connectivity index (χ2n) is 4.52. The van der Waals surface area contributed by atoms with Crippen molar-refractivity contribution in [1.82, 2.24) is 15.2 Å². The minimum atomic E-state index is 0.113. The van der Waals surface area contributed by atoms with Crippen LogP contribution in [-0.4, -0.2) is 20.8 Å². The number of thioether (sulfide) groups is 1. The molecule has 1 aromatic heterocycles. The Morgan fingerprint density at radius 1 is 1.47 bits per heavy atom. The Labute approximate surface area is 116 Å². The summed E-state index contributed by atoms with van der Waals surface area (Å²) in [5.74, 6) is 6.60. The normalized spacial score (nSPS) is 13.6. The van der Waals surface area contributed by atoms with Crippen LogP contribution in [0.4, 0.5) is 0 Å². The fourth-order valence-corrected chi connectivity index (χ4v) is 2.96. The van der Waals surface area contributed by atoms with E-state index in [4.69, 9.17) is 5.84 Å². The largest absolute Gasteiger partial charge is 0.271 e. The van der Waals surface area contributed by atoms with Crippen molar-refractivity contribution < 1.29 is 0 Å². The molecule has 0 aromatic carbocycles. The molecule has 0 bridgehead atoms. The molecule has 0 saturated heterocycles. The van der Waals surface area contributed by atoms with E-state index in [0.29, 0.717) is 11.3 Å². The number of nitrogens with two attached hydrogens (primary N) is 1. The molecule has 0 radical (unpaired) electrons. The third-order valence-corrected chi connectivity index (χ3v) is 4.21. The van der Waals surface area contributed by atoms with Gasteiger partial charge < -0.3 is 0 Å². The summed E-state index contributed by atoms with van der Waals surface area (Å²) in [7, 11) is 0. The maximum Gasteiger partial charge on any atom is 0.0730 e. The SMILES string of the molecule is CC(C)SCC(NN)c1c(Br)cnn1C(C)C. The molecular weight excluding hydrogens is 300 g/mol. The van der Waals surface area contributed by atoms with Crippen LogP contribution >= 0.6 is 27.7 Å². The van der Waals surface area contributed by atoms with Gasteiger partial charge in [-0.25, -0.2) is 0 Å². The maximum atomic E-state index is 5.66. The Kier molecular flexibility index (Phi) is 5.99. The molecule has 0 aliphatic heterocycles. The molecule has 0 amide bonds. The van der Waals surface area contributed by atoms with E-state index in [0.717, 1.165) is 15.9 Å². The zero-order valence-electron chi connectivity index (χ0n) is 10.8. The highest BCUT2D eigenvalue weighted by Crippen LogP contribution is 2.28. The van der Waals surface area contributed by atoms with E-state index in [-0.39, 0.29) is 6.04 Å². The van der Waals surface area contributed by atoms with Crippen molar-refractivity contribution in [3.8, 4) is 0 Å². The second-order valence-corrected chi connectivity index (χ2v) is 6.98. The van der Waals surface area contributed by atoms with Gasteiger partial charge in [0, 0.05) is 11.8 Å². The summed E-state index contributed by atoms with van der Waals surface area (Å²) in [5, 5.41) is 4.97. The molecule has 1 rings (SSSR count). The summed E-state index contributed by atoms with van der Waals surface area (Å²) in [4.78, 5) is 0. The molecule has 0 aliphatic carbocycles. The van der Waals surface area contributed by atoms with E-state index in [1.165, 1.54) is 0 Å². The van der Waals surface area contributed by atoms with E-state index in [9.17, 15) is 0 Å². The topological polar surface area (TPSA) is 55.9 Å². The molecular formula is C11H21BrN4S. The van der Waals surface area contributed by atoms with Crippen molar-refractivity contribution in [2.45, 2.75) is 45.0 Å². The van der Waals surface area contributed by atoms with Crippen molar-refractivity contribution in [1.29, 1.82) is 0 Å². The van der Waals surface area contributed by atoms with E-state index in [1.54, 1.807) is 0 Å². The van der Waals surface area contributed by atoms with Crippen LogP contribution in [0.3, 0.4) is 0 Å². The standard InChI is InChI=1S/C11H21BrN4S/c1-7(2)16-11(9(12)5-14-16)10(15-13)6-17-8(3)4/h5,7-8,10,15H,6,13H2,1-4H3. The lowest BCUT2D eigenvalue weighted by Crippen LogP contribution is -2.32. The monoisotopic (exact) mass is 320 g/mol. The molecule has 1 unspecified atom stereocenters. The fraction of sp³-hybridized carbons (Fsp3) is 0.727. The summed E-state index contributed by atoms with van der Waals surface area (Å²) in [5.41, 5.74) is 4.01. The molecule has 17 heavy (non-hydrogen) atoms. The van der Waals surface area contributed by atoms with Crippen LogP contribution in [-0.2, 0) is 0 Å². The number of aromatic nitrogens is 2. The predicted octanol–water partition coefficient (Wildman–Crippen LogP) is 2.87. The number of hydrogen-bond acceptors (Lipinski definition) is 4. The van der Waals surface area contributed by atoms with Crippen molar-refractivity contribution in [3.63, 3.8) is 0 Å². The van der Waals surface area contributed by atoms with Crippen molar-refractivity contribution in [2.75, 3.05) is 5.75 Å². The average Bonchev–Trinajstić information content (AvgIpc) is 2.62. The number of hydrazine groups is 1. The second kappa shape index (κ2) is 6.78. The first-order valence-corrected chi connectivity index (χ1v) is 7.62. The minimum absolute atomic E-state index is 0.113. The van der Waals surface area contributed by atoms with Crippen molar-refractivity contribution in [3.05, 3.63) is 16.4 Å². The summed E-state index contributed by atoms with van der Waals surface area (Å²) >= 11 is 5.43. The number of hydrogen-bond donors (Lipinski definition) is 2. The van der Waals surface area contributed by atoms with Crippen LogP contribution in [0, 0.1) is 0 Å². The average molecular weight is 321 g/mol.